The molecular formula is C19H18ClNO6. The van der Waals surface area contributed by atoms with Crippen LogP contribution in [-0.2, 0) is 10.4 Å². The summed E-state index contributed by atoms with van der Waals surface area (Å²) in [7, 11) is 4.32. The number of Topliss-reactive ketones (excluding diaryl/α,β-unsaturated/α-hetero) is 1. The predicted molar refractivity (Wildman–Crippen MR) is 99.0 cm³/mol. The summed E-state index contributed by atoms with van der Waals surface area (Å²) in [5.41, 5.74) is -1.23. The van der Waals surface area contributed by atoms with Gasteiger partial charge >= 0.3 is 0 Å². The Morgan fingerprint density at radius 1 is 1.15 bits per heavy atom. The molecule has 1 amide bonds. The lowest BCUT2D eigenvalue weighted by Gasteiger charge is -2.20. The molecule has 0 spiro atoms. The number of nitrogens with one attached hydrogen (secondary N) is 1. The quantitative estimate of drug-likeness (QED) is 0.735. The fourth-order valence-corrected chi connectivity index (χ4v) is 3.31. The minimum atomic E-state index is -2.02. The standard InChI is InChI=1S/C19H18ClNO6/c1-25-14-7-10(8-15(26-2)17(14)27-3)13(22)9-19(24)11-5-4-6-12(20)16(11)21-18(19)23/h4-8,24H,9H2,1-3H3,(H,21,23). The average Bonchev–Trinajstić information content (AvgIpc) is 2.92. The first-order valence-corrected chi connectivity index (χ1v) is 8.39. The summed E-state index contributed by atoms with van der Waals surface area (Å²) >= 11 is 6.07. The minimum Gasteiger partial charge on any atom is -0.493 e. The van der Waals surface area contributed by atoms with Crippen molar-refractivity contribution in [1.82, 2.24) is 0 Å². The molecule has 0 aromatic heterocycles. The Morgan fingerprint density at radius 3 is 2.33 bits per heavy atom. The number of carbonyl (C=O) groups excluding carboxylic acids is 2. The highest BCUT2D eigenvalue weighted by Crippen LogP contribution is 2.43. The van der Waals surface area contributed by atoms with Crippen LogP contribution in [-0.4, -0.2) is 38.1 Å². The number of hydrogen-bond donors (Lipinski definition) is 2. The van der Waals surface area contributed by atoms with Gasteiger partial charge in [0.15, 0.2) is 22.9 Å². The Bertz CT molecular complexity index is 903. The molecule has 0 aliphatic carbocycles. The Kier molecular flexibility index (Phi) is 4.99. The smallest absolute Gasteiger partial charge is 0.261 e. The van der Waals surface area contributed by atoms with E-state index in [4.69, 9.17) is 25.8 Å². The molecule has 8 heteroatoms. The van der Waals surface area contributed by atoms with E-state index in [1.807, 2.05) is 0 Å². The number of benzene rings is 2. The van der Waals surface area contributed by atoms with Gasteiger partial charge in [0.05, 0.1) is 38.5 Å². The van der Waals surface area contributed by atoms with E-state index >= 15 is 0 Å². The minimum absolute atomic E-state index is 0.209. The first-order chi connectivity index (χ1) is 12.8. The van der Waals surface area contributed by atoms with Crippen LogP contribution in [0.25, 0.3) is 0 Å². The third-order valence-corrected chi connectivity index (χ3v) is 4.79. The summed E-state index contributed by atoms with van der Waals surface area (Å²) in [6.45, 7) is 0. The highest BCUT2D eigenvalue weighted by molar-refractivity contribution is 6.34. The molecule has 1 aliphatic heterocycles. The van der Waals surface area contributed by atoms with E-state index in [9.17, 15) is 14.7 Å². The van der Waals surface area contributed by atoms with Crippen LogP contribution in [0.2, 0.25) is 5.02 Å². The lowest BCUT2D eigenvalue weighted by molar-refractivity contribution is -0.133. The summed E-state index contributed by atoms with van der Waals surface area (Å²) < 4.78 is 15.7. The molecule has 2 aromatic rings. The van der Waals surface area contributed by atoms with Crippen molar-refractivity contribution in [2.24, 2.45) is 0 Å². The largest absolute Gasteiger partial charge is 0.493 e. The van der Waals surface area contributed by atoms with E-state index in [1.165, 1.54) is 33.5 Å². The number of hydrogen-bond acceptors (Lipinski definition) is 6. The summed E-state index contributed by atoms with van der Waals surface area (Å²) in [4.78, 5) is 25.2. The second-order valence-electron chi connectivity index (χ2n) is 5.99. The number of anilines is 1. The molecule has 1 atom stereocenters. The molecular weight excluding hydrogens is 374 g/mol. The van der Waals surface area contributed by atoms with Crippen molar-refractivity contribution in [1.29, 1.82) is 0 Å². The number of methoxy groups -OCH3 is 3. The summed E-state index contributed by atoms with van der Waals surface area (Å²) in [6.07, 6.45) is -0.467. The van der Waals surface area contributed by atoms with Gasteiger partial charge in [0, 0.05) is 11.1 Å². The molecule has 2 aromatic carbocycles. The Balaban J connectivity index is 1.99. The molecule has 142 valence electrons. The van der Waals surface area contributed by atoms with Gasteiger partial charge in [-0.1, -0.05) is 23.7 Å². The SMILES string of the molecule is COc1cc(C(=O)CC2(O)C(=O)Nc3c(Cl)cccc32)cc(OC)c1OC. The van der Waals surface area contributed by atoms with Gasteiger partial charge in [-0.25, -0.2) is 0 Å². The number of halogens is 1. The predicted octanol–water partition coefficient (Wildman–Crippen LogP) is 2.78. The highest BCUT2D eigenvalue weighted by Gasteiger charge is 2.47. The van der Waals surface area contributed by atoms with Gasteiger partial charge < -0.3 is 24.6 Å². The zero-order chi connectivity index (χ0) is 19.8. The second-order valence-corrected chi connectivity index (χ2v) is 6.40. The molecule has 0 radical (unpaired) electrons. The van der Waals surface area contributed by atoms with Crippen LogP contribution in [0.5, 0.6) is 17.2 Å². The molecule has 3 rings (SSSR count). The van der Waals surface area contributed by atoms with E-state index in [0.29, 0.717) is 22.9 Å². The number of para-hydroxylation sites is 1. The Labute approximate surface area is 160 Å². The van der Waals surface area contributed by atoms with Gasteiger partial charge in [-0.3, -0.25) is 9.59 Å². The van der Waals surface area contributed by atoms with Crippen LogP contribution in [0, 0.1) is 0 Å². The van der Waals surface area contributed by atoms with Gasteiger partial charge in [-0.15, -0.1) is 0 Å². The summed E-state index contributed by atoms with van der Waals surface area (Å²) in [6, 6.07) is 7.70. The molecule has 1 heterocycles. The fourth-order valence-electron chi connectivity index (χ4n) is 3.09. The molecule has 2 N–H and O–H groups in total. The third kappa shape index (κ3) is 3.09. The molecule has 27 heavy (non-hydrogen) atoms. The molecule has 7 nitrogen and oxygen atoms in total. The number of ether oxygens (including phenoxy) is 3. The van der Waals surface area contributed by atoms with E-state index < -0.39 is 23.7 Å². The van der Waals surface area contributed by atoms with Crippen LogP contribution in [0.15, 0.2) is 30.3 Å². The molecule has 0 bridgehead atoms. The van der Waals surface area contributed by atoms with E-state index in [1.54, 1.807) is 18.2 Å². The number of fused-ring (bicyclic) bond motifs is 1. The normalized spacial score (nSPS) is 17.9. The van der Waals surface area contributed by atoms with Crippen molar-refractivity contribution < 1.29 is 28.9 Å². The maximum Gasteiger partial charge on any atom is 0.261 e. The number of rotatable bonds is 6. The van der Waals surface area contributed by atoms with Crippen LogP contribution in [0.1, 0.15) is 22.3 Å². The van der Waals surface area contributed by atoms with Gasteiger partial charge in [0.25, 0.3) is 5.91 Å². The van der Waals surface area contributed by atoms with Crippen molar-refractivity contribution in [3.63, 3.8) is 0 Å². The first-order valence-electron chi connectivity index (χ1n) is 8.01. The lowest BCUT2D eigenvalue weighted by atomic mass is 9.88. The molecule has 0 saturated heterocycles. The van der Waals surface area contributed by atoms with Gasteiger partial charge in [0.1, 0.15) is 0 Å². The molecule has 1 unspecified atom stereocenters. The monoisotopic (exact) mass is 391 g/mol. The topological polar surface area (TPSA) is 94.1 Å². The zero-order valence-corrected chi connectivity index (χ0v) is 15.7. The van der Waals surface area contributed by atoms with Crippen molar-refractivity contribution in [2.45, 2.75) is 12.0 Å². The first kappa shape index (κ1) is 19.0. The average molecular weight is 392 g/mol. The van der Waals surface area contributed by atoms with E-state index in [-0.39, 0.29) is 16.1 Å². The number of amides is 1. The maximum atomic E-state index is 12.9. The van der Waals surface area contributed by atoms with Crippen molar-refractivity contribution in [3.05, 3.63) is 46.5 Å². The number of aliphatic hydroxyl groups is 1. The van der Waals surface area contributed by atoms with Gasteiger partial charge in [-0.05, 0) is 18.2 Å². The van der Waals surface area contributed by atoms with Crippen LogP contribution in [0.3, 0.4) is 0 Å². The molecule has 1 aliphatic rings. The van der Waals surface area contributed by atoms with E-state index in [0.717, 1.165) is 0 Å². The third-order valence-electron chi connectivity index (χ3n) is 4.48. The summed E-state index contributed by atoms with van der Waals surface area (Å²) in [5, 5.41) is 13.8. The van der Waals surface area contributed by atoms with Crippen LogP contribution < -0.4 is 19.5 Å². The number of ketones is 1. The maximum absolute atomic E-state index is 12.9. The van der Waals surface area contributed by atoms with Gasteiger partial charge in [-0.2, -0.15) is 0 Å². The Morgan fingerprint density at radius 2 is 1.78 bits per heavy atom. The summed E-state index contributed by atoms with van der Waals surface area (Å²) in [5.74, 6) is -0.241. The van der Waals surface area contributed by atoms with E-state index in [2.05, 4.69) is 5.32 Å². The molecule has 0 saturated carbocycles. The number of carbonyl (C=O) groups is 2. The zero-order valence-electron chi connectivity index (χ0n) is 15.0. The Hall–Kier alpha value is -2.77. The van der Waals surface area contributed by atoms with Gasteiger partial charge in [0.2, 0.25) is 5.75 Å². The van der Waals surface area contributed by atoms with Crippen LogP contribution in [0.4, 0.5) is 5.69 Å². The second kappa shape index (κ2) is 7.09. The van der Waals surface area contributed by atoms with Crippen molar-refractivity contribution in [2.75, 3.05) is 26.6 Å². The van der Waals surface area contributed by atoms with Crippen LogP contribution >= 0.6 is 11.6 Å². The lowest BCUT2D eigenvalue weighted by Crippen LogP contribution is -2.36. The van der Waals surface area contributed by atoms with Crippen molar-refractivity contribution in [3.8, 4) is 17.2 Å². The molecule has 0 fully saturated rings. The highest BCUT2D eigenvalue weighted by atomic mass is 35.5. The van der Waals surface area contributed by atoms with Crippen molar-refractivity contribution >= 4 is 29.0 Å². The fraction of sp³-hybridized carbons (Fsp3) is 0.263.